The van der Waals surface area contributed by atoms with Gasteiger partial charge in [-0.15, -0.1) is 0 Å². The smallest absolute Gasteiger partial charge is 0.400 e. The number of pyridine rings is 3. The van der Waals surface area contributed by atoms with Gasteiger partial charge in [0.1, 0.15) is 0 Å². The second kappa shape index (κ2) is 19.5. The molecule has 0 unspecified atom stereocenters. The molecule has 0 bridgehead atoms. The van der Waals surface area contributed by atoms with E-state index in [0.29, 0.717) is 11.7 Å². The number of hydrogen-bond acceptors (Lipinski definition) is 10. The Hall–Kier alpha value is -5.09. The van der Waals surface area contributed by atoms with E-state index in [2.05, 4.69) is 38.8 Å². The maximum atomic E-state index is 11.8. The molecular weight excluding hydrogens is 707 g/mol. The number of nitrogen functional groups attached to an aromatic ring is 1. The van der Waals surface area contributed by atoms with Crippen LogP contribution in [-0.2, 0) is 9.31 Å². The van der Waals surface area contributed by atoms with Crippen molar-refractivity contribution in [3.05, 3.63) is 124 Å². The quantitative estimate of drug-likeness (QED) is 0.149. The fourth-order valence-electron chi connectivity index (χ4n) is 6.69. The Morgan fingerprint density at radius 3 is 1.91 bits per heavy atom. The molecule has 1 saturated carbocycles. The molecule has 0 amide bonds. The third-order valence-corrected chi connectivity index (χ3v) is 10.5. The molecule has 0 atom stereocenters. The maximum Gasteiger partial charge on any atom is 0.490 e. The predicted octanol–water partition coefficient (Wildman–Crippen LogP) is 7.51. The number of aromatic nitrogens is 3. The van der Waals surface area contributed by atoms with E-state index in [9.17, 15) is 34.6 Å². The molecule has 3 aromatic heterocycles. The summed E-state index contributed by atoms with van der Waals surface area (Å²) in [5, 5.41) is 20.6. The number of anilines is 1. The Kier molecular flexibility index (Phi) is 15.1. The molecule has 15 nitrogen and oxygen atoms in total. The second-order valence-corrected chi connectivity index (χ2v) is 15.0. The summed E-state index contributed by atoms with van der Waals surface area (Å²) in [4.78, 5) is 55.5. The van der Waals surface area contributed by atoms with E-state index < -0.39 is 26.7 Å². The zero-order valence-corrected chi connectivity index (χ0v) is 32.2. The lowest BCUT2D eigenvalue weighted by molar-refractivity contribution is -0.386. The highest BCUT2D eigenvalue weighted by molar-refractivity contribution is 6.54. The predicted molar refractivity (Wildman–Crippen MR) is 214 cm³/mol. The molecule has 3 N–H and O–H groups in total. The van der Waals surface area contributed by atoms with Gasteiger partial charge in [-0.2, -0.15) is 0 Å². The minimum Gasteiger partial charge on any atom is -0.400 e. The van der Waals surface area contributed by atoms with E-state index >= 15 is 0 Å². The number of hydrogen-bond donors (Lipinski definition) is 2. The first-order valence-corrected chi connectivity index (χ1v) is 19.0. The number of allylic oxidation sites excluding steroid dienone is 4. The average molecular weight is 761 g/mol. The normalized spacial score (nSPS) is 18.8. The van der Waals surface area contributed by atoms with Crippen molar-refractivity contribution in [2.24, 2.45) is 0 Å². The van der Waals surface area contributed by atoms with Gasteiger partial charge in [-0.25, -0.2) is 0 Å². The van der Waals surface area contributed by atoms with Gasteiger partial charge in [-0.1, -0.05) is 31.4 Å². The zero-order valence-electron chi connectivity index (χ0n) is 32.2. The third-order valence-electron chi connectivity index (χ3n) is 10.5. The lowest BCUT2D eigenvalue weighted by Gasteiger charge is -2.32. The van der Waals surface area contributed by atoms with E-state index in [4.69, 9.17) is 15.0 Å². The highest BCUT2D eigenvalue weighted by Crippen LogP contribution is 2.40. The van der Waals surface area contributed by atoms with Crippen LogP contribution in [0.3, 0.4) is 0 Å². The molecule has 0 radical (unpaired) electrons. The van der Waals surface area contributed by atoms with E-state index in [0.717, 1.165) is 56.7 Å². The lowest BCUT2D eigenvalue weighted by atomic mass is 9.73. The van der Waals surface area contributed by atoms with Crippen LogP contribution in [0.2, 0.25) is 0 Å². The van der Waals surface area contributed by atoms with Crippen molar-refractivity contribution in [1.29, 1.82) is 0 Å². The molecule has 4 heterocycles. The topological polar surface area (TPSA) is 208 Å². The van der Waals surface area contributed by atoms with Crippen molar-refractivity contribution >= 4 is 29.9 Å². The standard InChI is InChI=1S/C12H21BO2.C11H12N2O3.C11H16N2O.C5H4N2O3/c1-11(2)12(3,4)15-13(14-11)10-8-6-5-7-9-10;14-11-10(13(15)16)7-4-8-12(11)9-5-2-1-3-6-9;12-10-7-4-8-13(11(10)14)9-5-2-1-3-6-9;8-5-4(7(9)10)2-1-3-6-5/h8H,5-7,9H2,1-4H3;4-5,7-8H,1-3,6H2;4,7-9H,1-3,5-6,12H2;1-3H,(H,6,8). The SMILES string of the molecule is CC1(C)OB(C2=CCCCC2)OC1(C)C.Nc1cccn(C2CCCCC2)c1=O.O=c1[nH]cccc1[N+](=O)[O-].O=c1c([N+](=O)[O-])cccn1C1=CCCCC1. The molecule has 0 spiro atoms. The Labute approximate surface area is 320 Å². The third kappa shape index (κ3) is 11.5. The second-order valence-electron chi connectivity index (χ2n) is 15.0. The number of nitrogens with one attached hydrogen (secondary N) is 1. The van der Waals surface area contributed by atoms with Crippen LogP contribution in [0.25, 0.3) is 5.70 Å². The van der Waals surface area contributed by atoms with Crippen molar-refractivity contribution in [2.45, 2.75) is 128 Å². The summed E-state index contributed by atoms with van der Waals surface area (Å²) in [5.41, 5.74) is 5.74. The van der Waals surface area contributed by atoms with E-state index in [1.165, 1.54) is 73.0 Å². The van der Waals surface area contributed by atoms with Gasteiger partial charge in [0.15, 0.2) is 0 Å². The number of nitro groups is 2. The minimum atomic E-state index is -0.723. The van der Waals surface area contributed by atoms with Crippen LogP contribution in [0.15, 0.2) is 87.0 Å². The largest absolute Gasteiger partial charge is 0.490 e. The molecule has 1 saturated heterocycles. The Morgan fingerprint density at radius 1 is 0.764 bits per heavy atom. The van der Waals surface area contributed by atoms with Crippen LogP contribution in [0.1, 0.15) is 117 Å². The van der Waals surface area contributed by atoms with Crippen molar-refractivity contribution < 1.29 is 19.2 Å². The average Bonchev–Trinajstić information content (AvgIpc) is 3.40. The number of nitrogens with zero attached hydrogens (tertiary/aromatic N) is 4. The maximum absolute atomic E-state index is 11.8. The van der Waals surface area contributed by atoms with Gasteiger partial charge in [-0.05, 0) is 122 Å². The first kappa shape index (κ1) is 42.7. The minimum absolute atomic E-state index is 0.0283. The molecule has 1 aliphatic heterocycles. The number of nitrogens with two attached hydrogens (primary N) is 1. The van der Waals surface area contributed by atoms with Crippen LogP contribution in [0.4, 0.5) is 17.1 Å². The van der Waals surface area contributed by atoms with Crippen LogP contribution < -0.4 is 22.4 Å². The summed E-state index contributed by atoms with van der Waals surface area (Å²) < 4.78 is 15.2. The summed E-state index contributed by atoms with van der Waals surface area (Å²) in [7, 11) is -0.102. The van der Waals surface area contributed by atoms with E-state index in [1.807, 2.05) is 18.3 Å². The molecule has 3 aliphatic carbocycles. The van der Waals surface area contributed by atoms with Gasteiger partial charge in [0.2, 0.25) is 0 Å². The van der Waals surface area contributed by atoms with Crippen molar-refractivity contribution in [2.75, 3.05) is 5.73 Å². The number of rotatable bonds is 5. The van der Waals surface area contributed by atoms with Crippen LogP contribution >= 0.6 is 0 Å². The van der Waals surface area contributed by atoms with Crippen molar-refractivity contribution in [3.8, 4) is 0 Å². The molecule has 3 aromatic rings. The van der Waals surface area contributed by atoms with Crippen LogP contribution in [-0.4, -0.2) is 42.3 Å². The molecule has 7 rings (SSSR count). The Bertz CT molecular complexity index is 2010. The highest BCUT2D eigenvalue weighted by Gasteiger charge is 2.52. The molecule has 0 aromatic carbocycles. The van der Waals surface area contributed by atoms with Gasteiger partial charge in [0, 0.05) is 42.5 Å². The summed E-state index contributed by atoms with van der Waals surface area (Å²) in [6.45, 7) is 8.43. The fourth-order valence-corrected chi connectivity index (χ4v) is 6.69. The van der Waals surface area contributed by atoms with Gasteiger partial charge in [0.05, 0.1) is 26.7 Å². The van der Waals surface area contributed by atoms with Crippen LogP contribution in [0.5, 0.6) is 0 Å². The molecule has 4 aliphatic rings. The van der Waals surface area contributed by atoms with Gasteiger partial charge >= 0.3 is 29.6 Å². The molecule has 16 heteroatoms. The first-order chi connectivity index (χ1) is 26.1. The highest BCUT2D eigenvalue weighted by atomic mass is 16.7. The molecular formula is C39H53BN6O9. The van der Waals surface area contributed by atoms with Crippen molar-refractivity contribution in [3.63, 3.8) is 0 Å². The molecule has 2 fully saturated rings. The van der Waals surface area contributed by atoms with E-state index in [1.54, 1.807) is 16.8 Å². The lowest BCUT2D eigenvalue weighted by Crippen LogP contribution is -2.41. The first-order valence-electron chi connectivity index (χ1n) is 19.0. The van der Waals surface area contributed by atoms with Gasteiger partial charge in [-0.3, -0.25) is 39.2 Å². The Balaban J connectivity index is 0.000000165. The summed E-state index contributed by atoms with van der Waals surface area (Å²) >= 11 is 0. The van der Waals surface area contributed by atoms with Crippen molar-refractivity contribution in [1.82, 2.24) is 14.1 Å². The number of H-pyrrole nitrogens is 1. The summed E-state index contributed by atoms with van der Waals surface area (Å²) in [6.07, 6.45) is 23.8. The molecule has 296 valence electrons. The monoisotopic (exact) mass is 760 g/mol. The van der Waals surface area contributed by atoms with Gasteiger partial charge in [0.25, 0.3) is 5.56 Å². The summed E-state index contributed by atoms with van der Waals surface area (Å²) in [6, 6.07) is 9.22. The van der Waals surface area contributed by atoms with Crippen LogP contribution in [0, 0.1) is 20.2 Å². The fraction of sp³-hybridized carbons (Fsp3) is 0.513. The molecule has 55 heavy (non-hydrogen) atoms. The Morgan fingerprint density at radius 2 is 1.36 bits per heavy atom. The number of aromatic amines is 1. The van der Waals surface area contributed by atoms with E-state index in [-0.39, 0.29) is 29.6 Å². The summed E-state index contributed by atoms with van der Waals surface area (Å²) in [5.74, 6) is 0. The zero-order chi connectivity index (χ0) is 40.2. The van der Waals surface area contributed by atoms with Gasteiger partial charge < -0.3 is 24.6 Å².